The molecule has 4 heteroatoms. The molecule has 0 aromatic heterocycles. The van der Waals surface area contributed by atoms with Gasteiger partial charge >= 0.3 is 5.97 Å². The Labute approximate surface area is 112 Å². The molecular weight excluding hydrogens is 252 g/mol. The van der Waals surface area contributed by atoms with Gasteiger partial charge in [0.2, 0.25) is 0 Å². The molecule has 4 rings (SSSR count). The summed E-state index contributed by atoms with van der Waals surface area (Å²) in [6.07, 6.45) is 7.95. The molecule has 2 nitrogen and oxygen atoms in total. The van der Waals surface area contributed by atoms with E-state index in [0.717, 1.165) is 22.0 Å². The fourth-order valence-corrected chi connectivity index (χ4v) is 5.88. The van der Waals surface area contributed by atoms with Crippen molar-refractivity contribution in [1.82, 2.24) is 0 Å². The van der Waals surface area contributed by atoms with Crippen molar-refractivity contribution in [3.63, 3.8) is 0 Å². The lowest BCUT2D eigenvalue weighted by Crippen LogP contribution is -2.48. The molecule has 0 spiro atoms. The minimum atomic E-state index is -0.748. The third-order valence-corrected chi connectivity index (χ3v) is 6.67. The number of thioether (sulfide) groups is 1. The van der Waals surface area contributed by atoms with Crippen LogP contribution in [0.3, 0.4) is 0 Å². The van der Waals surface area contributed by atoms with Crippen molar-refractivity contribution >= 4 is 34.1 Å². The van der Waals surface area contributed by atoms with Gasteiger partial charge < -0.3 is 5.11 Å². The van der Waals surface area contributed by atoms with Crippen LogP contribution in [0.25, 0.3) is 0 Å². The predicted molar refractivity (Wildman–Crippen MR) is 73.3 cm³/mol. The number of carbonyl (C=O) groups is 1. The second-order valence-corrected chi connectivity index (χ2v) is 7.82. The number of carboxylic acids is 1. The fraction of sp³-hybridized carbons (Fsp3) is 0.846. The van der Waals surface area contributed by atoms with Crippen molar-refractivity contribution in [3.8, 4) is 0 Å². The molecule has 94 valence electrons. The summed E-state index contributed by atoms with van der Waals surface area (Å²) in [7, 11) is 0. The monoisotopic (exact) mass is 270 g/mol. The molecule has 4 aliphatic carbocycles. The summed E-state index contributed by atoms with van der Waals surface area (Å²) in [5.41, 5.74) is 0.226. The molecule has 0 aromatic rings. The van der Waals surface area contributed by atoms with E-state index in [4.69, 9.17) is 17.3 Å². The zero-order valence-electron chi connectivity index (χ0n) is 9.85. The maximum atomic E-state index is 10.7. The first-order valence-electron chi connectivity index (χ1n) is 6.46. The number of carboxylic acid groups (broad SMARTS) is 1. The summed E-state index contributed by atoms with van der Waals surface area (Å²) in [6, 6.07) is 0. The molecule has 17 heavy (non-hydrogen) atoms. The number of hydrogen-bond acceptors (Lipinski definition) is 3. The number of aliphatic carboxylic acids is 1. The maximum Gasteiger partial charge on any atom is 0.313 e. The molecule has 0 amide bonds. The van der Waals surface area contributed by atoms with Gasteiger partial charge in [-0.3, -0.25) is 4.79 Å². The van der Waals surface area contributed by atoms with Crippen LogP contribution < -0.4 is 0 Å². The van der Waals surface area contributed by atoms with Gasteiger partial charge in [0, 0.05) is 5.41 Å². The largest absolute Gasteiger partial charge is 0.481 e. The minimum absolute atomic E-state index is 0.139. The molecule has 4 saturated carbocycles. The van der Waals surface area contributed by atoms with E-state index in [1.54, 1.807) is 0 Å². The third kappa shape index (κ3) is 2.14. The molecule has 0 unspecified atom stereocenters. The molecule has 0 saturated heterocycles. The van der Waals surface area contributed by atoms with Crippen LogP contribution in [0.1, 0.15) is 38.5 Å². The zero-order valence-corrected chi connectivity index (χ0v) is 11.5. The zero-order chi connectivity index (χ0) is 12.0. The Morgan fingerprint density at radius 1 is 1.18 bits per heavy atom. The fourth-order valence-electron chi connectivity index (χ4n) is 4.64. The van der Waals surface area contributed by atoms with Gasteiger partial charge in [-0.25, -0.2) is 0 Å². The summed E-state index contributed by atoms with van der Waals surface area (Å²) in [5.74, 6) is 2.03. The molecule has 4 bridgehead atoms. The summed E-state index contributed by atoms with van der Waals surface area (Å²) in [6.45, 7) is 0. The lowest BCUT2D eigenvalue weighted by atomic mass is 9.50. The topological polar surface area (TPSA) is 37.3 Å². The van der Waals surface area contributed by atoms with E-state index in [1.165, 1.54) is 50.3 Å². The Morgan fingerprint density at radius 3 is 2.06 bits per heavy atom. The lowest BCUT2D eigenvalue weighted by molar-refractivity contribution is -0.133. The van der Waals surface area contributed by atoms with Crippen LogP contribution in [0.4, 0.5) is 0 Å². The Kier molecular flexibility index (Phi) is 2.98. The van der Waals surface area contributed by atoms with Gasteiger partial charge in [0.1, 0.15) is 0 Å². The van der Waals surface area contributed by atoms with Gasteiger partial charge in [0.25, 0.3) is 0 Å². The second kappa shape index (κ2) is 4.23. The van der Waals surface area contributed by atoms with Crippen LogP contribution in [-0.2, 0) is 4.79 Å². The van der Waals surface area contributed by atoms with E-state index in [1.807, 2.05) is 0 Å². The van der Waals surface area contributed by atoms with Crippen LogP contribution in [-0.4, -0.2) is 21.0 Å². The Hall–Kier alpha value is -0.0900. The Balaban J connectivity index is 1.73. The Bertz CT molecular complexity index is 329. The van der Waals surface area contributed by atoms with Gasteiger partial charge in [-0.1, -0.05) is 12.2 Å². The highest BCUT2D eigenvalue weighted by atomic mass is 32.2. The molecule has 0 aliphatic heterocycles. The summed E-state index contributed by atoms with van der Waals surface area (Å²) >= 11 is 6.97. The van der Waals surface area contributed by atoms with E-state index >= 15 is 0 Å². The highest BCUT2D eigenvalue weighted by Gasteiger charge is 2.52. The maximum absolute atomic E-state index is 10.7. The Morgan fingerprint density at radius 2 is 1.65 bits per heavy atom. The molecule has 0 radical (unpaired) electrons. The average Bonchev–Trinajstić information content (AvgIpc) is 2.23. The third-order valence-electron chi connectivity index (χ3n) is 4.80. The highest BCUT2D eigenvalue weighted by molar-refractivity contribution is 8.23. The second-order valence-electron chi connectivity index (χ2n) is 6.17. The van der Waals surface area contributed by atoms with E-state index in [9.17, 15) is 4.79 Å². The van der Waals surface area contributed by atoms with Gasteiger partial charge in [-0.15, -0.1) is 11.8 Å². The van der Waals surface area contributed by atoms with Crippen molar-refractivity contribution < 1.29 is 9.90 Å². The van der Waals surface area contributed by atoms with Crippen molar-refractivity contribution in [1.29, 1.82) is 0 Å². The van der Waals surface area contributed by atoms with Crippen molar-refractivity contribution in [3.05, 3.63) is 0 Å². The van der Waals surface area contributed by atoms with Crippen LogP contribution in [0.15, 0.2) is 0 Å². The average molecular weight is 270 g/mol. The van der Waals surface area contributed by atoms with Crippen LogP contribution in [0, 0.1) is 23.2 Å². The number of hydrogen-bond donors (Lipinski definition) is 1. The first-order chi connectivity index (χ1) is 8.07. The van der Waals surface area contributed by atoms with Gasteiger partial charge in [-0.05, 0) is 56.3 Å². The molecule has 1 N–H and O–H groups in total. The summed E-state index contributed by atoms with van der Waals surface area (Å²) < 4.78 is 0.999. The van der Waals surface area contributed by atoms with E-state index in [0.29, 0.717) is 0 Å². The van der Waals surface area contributed by atoms with E-state index in [-0.39, 0.29) is 11.2 Å². The molecule has 0 heterocycles. The molecule has 0 aromatic carbocycles. The van der Waals surface area contributed by atoms with Crippen molar-refractivity contribution in [2.45, 2.75) is 38.5 Å². The SMILES string of the molecule is O=C(O)CSC(=S)C12CC3CC(CC(C3)C1)C2. The number of thiocarbonyl (C=S) groups is 1. The van der Waals surface area contributed by atoms with Crippen LogP contribution in [0.5, 0.6) is 0 Å². The molecule has 4 aliphatic rings. The van der Waals surface area contributed by atoms with Gasteiger partial charge in [0.15, 0.2) is 0 Å². The first kappa shape index (κ1) is 12.0. The van der Waals surface area contributed by atoms with Gasteiger partial charge in [0.05, 0.1) is 9.95 Å². The smallest absolute Gasteiger partial charge is 0.313 e. The summed E-state index contributed by atoms with van der Waals surface area (Å²) in [4.78, 5) is 10.7. The van der Waals surface area contributed by atoms with E-state index < -0.39 is 5.97 Å². The quantitative estimate of drug-likeness (QED) is 0.798. The van der Waals surface area contributed by atoms with Gasteiger partial charge in [-0.2, -0.15) is 0 Å². The number of rotatable bonds is 3. The highest BCUT2D eigenvalue weighted by Crippen LogP contribution is 2.61. The lowest BCUT2D eigenvalue weighted by Gasteiger charge is -2.56. The summed E-state index contributed by atoms with van der Waals surface area (Å²) in [5, 5.41) is 8.76. The molecular formula is C13H18O2S2. The normalized spacial score (nSPS) is 42.7. The first-order valence-corrected chi connectivity index (χ1v) is 7.86. The molecule has 4 fully saturated rings. The van der Waals surface area contributed by atoms with Crippen molar-refractivity contribution in [2.75, 3.05) is 5.75 Å². The predicted octanol–water partition coefficient (Wildman–Crippen LogP) is 3.35. The standard InChI is InChI=1S/C13H18O2S2/c14-11(15)7-17-12(16)13-4-8-1-9(5-13)3-10(2-8)6-13/h8-10H,1-7H2,(H,14,15). The van der Waals surface area contributed by atoms with Crippen molar-refractivity contribution in [2.24, 2.45) is 23.2 Å². The van der Waals surface area contributed by atoms with Crippen LogP contribution >= 0.6 is 24.0 Å². The minimum Gasteiger partial charge on any atom is -0.481 e. The van der Waals surface area contributed by atoms with Crippen LogP contribution in [0.2, 0.25) is 0 Å². The van der Waals surface area contributed by atoms with E-state index in [2.05, 4.69) is 0 Å². The molecule has 0 atom stereocenters.